The number of hydrazine groups is 1. The van der Waals surface area contributed by atoms with Crippen LogP contribution in [0.4, 0.5) is 0 Å². The molecule has 0 aliphatic carbocycles. The fourth-order valence-electron chi connectivity index (χ4n) is 1.49. The summed E-state index contributed by atoms with van der Waals surface area (Å²) in [6, 6.07) is 0.296. The van der Waals surface area contributed by atoms with Gasteiger partial charge in [0.15, 0.2) is 0 Å². The summed E-state index contributed by atoms with van der Waals surface area (Å²) in [7, 11) is 2.04. The zero-order valence-corrected chi connectivity index (χ0v) is 8.39. The lowest BCUT2D eigenvalue weighted by molar-refractivity contribution is 0.261. The van der Waals surface area contributed by atoms with Gasteiger partial charge in [-0.25, -0.2) is 5.43 Å². The van der Waals surface area contributed by atoms with E-state index in [0.29, 0.717) is 6.04 Å². The lowest BCUT2D eigenvalue weighted by atomic mass is 9.91. The predicted octanol–water partition coefficient (Wildman–Crippen LogP) is 1.92. The number of allylic oxidation sites excluding steroid dienone is 1. The van der Waals surface area contributed by atoms with Crippen LogP contribution in [0.3, 0.4) is 0 Å². The first-order valence-electron chi connectivity index (χ1n) is 4.30. The zero-order valence-electron chi connectivity index (χ0n) is 8.39. The topological polar surface area (TPSA) is 15.3 Å². The molecular weight excluding hydrogens is 148 g/mol. The number of hydrogen-bond acceptors (Lipinski definition) is 2. The molecule has 1 rings (SSSR count). The number of rotatable bonds is 1. The third kappa shape index (κ3) is 1.69. The highest BCUT2D eigenvalue weighted by Crippen LogP contribution is 2.29. The molecule has 2 nitrogen and oxygen atoms in total. The highest BCUT2D eigenvalue weighted by Gasteiger charge is 2.26. The highest BCUT2D eigenvalue weighted by atomic mass is 15.5. The minimum absolute atomic E-state index is 0.208. The lowest BCUT2D eigenvalue weighted by Crippen LogP contribution is -2.35. The molecule has 1 heterocycles. The second kappa shape index (κ2) is 2.94. The van der Waals surface area contributed by atoms with Crippen LogP contribution in [0.25, 0.3) is 0 Å². The maximum Gasteiger partial charge on any atom is 0.0641 e. The second-order valence-corrected chi connectivity index (χ2v) is 4.25. The van der Waals surface area contributed by atoms with Crippen molar-refractivity contribution >= 4 is 0 Å². The van der Waals surface area contributed by atoms with Gasteiger partial charge in [0, 0.05) is 18.2 Å². The predicted molar refractivity (Wildman–Crippen MR) is 52.4 cm³/mol. The van der Waals surface area contributed by atoms with Crippen LogP contribution in [0.1, 0.15) is 20.8 Å². The average molecular weight is 166 g/mol. The van der Waals surface area contributed by atoms with E-state index in [4.69, 9.17) is 0 Å². The molecule has 1 aliphatic heterocycles. The number of hydrogen-bond donors (Lipinski definition) is 1. The minimum atomic E-state index is 0.208. The summed E-state index contributed by atoms with van der Waals surface area (Å²) in [5, 5.41) is 2.08. The Labute approximate surface area is 74.9 Å². The molecule has 0 spiro atoms. The van der Waals surface area contributed by atoms with Crippen LogP contribution in [-0.2, 0) is 0 Å². The molecule has 1 aliphatic rings. The summed E-state index contributed by atoms with van der Waals surface area (Å²) in [5.41, 5.74) is 4.82. The van der Waals surface area contributed by atoms with Gasteiger partial charge in [0.25, 0.3) is 0 Å². The van der Waals surface area contributed by atoms with Crippen LogP contribution in [0.5, 0.6) is 0 Å². The fraction of sp³-hybridized carbons (Fsp3) is 0.600. The van der Waals surface area contributed by atoms with Crippen molar-refractivity contribution in [3.8, 4) is 0 Å². The van der Waals surface area contributed by atoms with Gasteiger partial charge in [-0.15, -0.1) is 6.58 Å². The van der Waals surface area contributed by atoms with E-state index in [1.807, 2.05) is 13.1 Å². The van der Waals surface area contributed by atoms with Gasteiger partial charge in [0.05, 0.1) is 6.04 Å². The Morgan fingerprint density at radius 3 is 2.42 bits per heavy atom. The summed E-state index contributed by atoms with van der Waals surface area (Å²) in [5.74, 6) is 0. The van der Waals surface area contributed by atoms with E-state index >= 15 is 0 Å². The van der Waals surface area contributed by atoms with Gasteiger partial charge in [-0.3, -0.25) is 0 Å². The Morgan fingerprint density at radius 2 is 2.17 bits per heavy atom. The smallest absolute Gasteiger partial charge is 0.0641 e. The lowest BCUT2D eigenvalue weighted by Gasteiger charge is -2.27. The van der Waals surface area contributed by atoms with Crippen molar-refractivity contribution in [2.45, 2.75) is 26.8 Å². The van der Waals surface area contributed by atoms with Crippen molar-refractivity contribution in [1.82, 2.24) is 10.4 Å². The summed E-state index contributed by atoms with van der Waals surface area (Å²) < 4.78 is 0. The Kier molecular flexibility index (Phi) is 2.29. The monoisotopic (exact) mass is 166 g/mol. The second-order valence-electron chi connectivity index (χ2n) is 4.25. The van der Waals surface area contributed by atoms with Crippen molar-refractivity contribution < 1.29 is 0 Å². The molecule has 1 atom stereocenters. The van der Waals surface area contributed by atoms with Crippen molar-refractivity contribution in [2.75, 3.05) is 7.05 Å². The zero-order chi connectivity index (χ0) is 9.35. The molecule has 0 saturated heterocycles. The van der Waals surface area contributed by atoms with Crippen molar-refractivity contribution in [1.29, 1.82) is 0 Å². The molecular formula is C10H18N2. The summed E-state index contributed by atoms with van der Waals surface area (Å²) in [6.45, 7) is 10.4. The Bertz CT molecular complexity index is 210. The van der Waals surface area contributed by atoms with Crippen molar-refractivity contribution in [2.24, 2.45) is 5.41 Å². The standard InChI is InChI=1S/C10H18N2/c1-6-8-7-9(10(2,3)4)12(5)11-8/h6-8,11H,1H2,2-5H3. The van der Waals surface area contributed by atoms with Gasteiger partial charge in [0.1, 0.15) is 0 Å². The highest BCUT2D eigenvalue weighted by molar-refractivity contribution is 5.20. The van der Waals surface area contributed by atoms with Gasteiger partial charge in [-0.1, -0.05) is 26.8 Å². The molecule has 0 aromatic carbocycles. The molecule has 68 valence electrons. The normalized spacial score (nSPS) is 24.2. The maximum absolute atomic E-state index is 3.76. The molecule has 0 fully saturated rings. The Hall–Kier alpha value is -0.760. The third-order valence-electron chi connectivity index (χ3n) is 2.06. The minimum Gasteiger partial charge on any atom is -0.314 e. The molecule has 0 aromatic rings. The maximum atomic E-state index is 3.76. The molecule has 2 heteroatoms. The van der Waals surface area contributed by atoms with Crippen LogP contribution >= 0.6 is 0 Å². The summed E-state index contributed by atoms with van der Waals surface area (Å²) in [6.07, 6.45) is 4.13. The van der Waals surface area contributed by atoms with E-state index in [9.17, 15) is 0 Å². The first-order chi connectivity index (χ1) is 5.45. The van der Waals surface area contributed by atoms with Gasteiger partial charge < -0.3 is 5.01 Å². The third-order valence-corrected chi connectivity index (χ3v) is 2.06. The molecule has 12 heavy (non-hydrogen) atoms. The van der Waals surface area contributed by atoms with E-state index in [1.165, 1.54) is 5.70 Å². The van der Waals surface area contributed by atoms with Crippen LogP contribution in [0, 0.1) is 5.41 Å². The van der Waals surface area contributed by atoms with E-state index in [-0.39, 0.29) is 5.41 Å². The molecule has 0 bridgehead atoms. The first-order valence-corrected chi connectivity index (χ1v) is 4.30. The molecule has 0 aromatic heterocycles. The molecule has 1 N–H and O–H groups in total. The van der Waals surface area contributed by atoms with Crippen LogP contribution in [0.15, 0.2) is 24.4 Å². The molecule has 0 radical (unpaired) electrons. The van der Waals surface area contributed by atoms with Crippen molar-refractivity contribution in [3.05, 3.63) is 24.4 Å². The number of nitrogens with zero attached hydrogens (tertiary/aromatic N) is 1. The SMILES string of the molecule is C=CC1C=C(C(C)(C)C)N(C)N1. The van der Waals surface area contributed by atoms with E-state index < -0.39 is 0 Å². The first kappa shape index (κ1) is 9.33. The van der Waals surface area contributed by atoms with Gasteiger partial charge in [-0.05, 0) is 6.08 Å². The summed E-state index contributed by atoms with van der Waals surface area (Å²) in [4.78, 5) is 0. The van der Waals surface area contributed by atoms with Gasteiger partial charge in [-0.2, -0.15) is 0 Å². The van der Waals surface area contributed by atoms with Crippen molar-refractivity contribution in [3.63, 3.8) is 0 Å². The number of nitrogens with one attached hydrogen (secondary N) is 1. The molecule has 0 saturated carbocycles. The Morgan fingerprint density at radius 1 is 1.58 bits per heavy atom. The van der Waals surface area contributed by atoms with Crippen LogP contribution in [-0.4, -0.2) is 18.1 Å². The Balaban J connectivity index is 2.83. The van der Waals surface area contributed by atoms with E-state index in [2.05, 4.69) is 43.9 Å². The van der Waals surface area contributed by atoms with Gasteiger partial charge >= 0.3 is 0 Å². The molecule has 0 amide bonds. The van der Waals surface area contributed by atoms with Gasteiger partial charge in [0.2, 0.25) is 0 Å². The van der Waals surface area contributed by atoms with E-state index in [1.54, 1.807) is 0 Å². The van der Waals surface area contributed by atoms with Crippen LogP contribution < -0.4 is 5.43 Å². The molecule has 1 unspecified atom stereocenters. The van der Waals surface area contributed by atoms with Crippen LogP contribution in [0.2, 0.25) is 0 Å². The largest absolute Gasteiger partial charge is 0.314 e. The van der Waals surface area contributed by atoms with E-state index in [0.717, 1.165) is 0 Å². The quantitative estimate of drug-likeness (QED) is 0.599. The summed E-state index contributed by atoms with van der Waals surface area (Å²) >= 11 is 0. The average Bonchev–Trinajstić information content (AvgIpc) is 2.29. The fourth-order valence-corrected chi connectivity index (χ4v) is 1.49.